The number of hydrogen-bond acceptors (Lipinski definition) is 6. The third kappa shape index (κ3) is 4.22. The number of alkyl halides is 2. The molecule has 0 aliphatic carbocycles. The van der Waals surface area contributed by atoms with E-state index in [9.17, 15) is 13.6 Å². The third-order valence-corrected chi connectivity index (χ3v) is 3.41. The van der Waals surface area contributed by atoms with Gasteiger partial charge in [-0.15, -0.1) is 0 Å². The van der Waals surface area contributed by atoms with Crippen molar-refractivity contribution in [2.75, 3.05) is 12.4 Å². The van der Waals surface area contributed by atoms with Gasteiger partial charge in [0.25, 0.3) is 0 Å². The lowest BCUT2D eigenvalue weighted by atomic mass is 10.1. The molecule has 0 aliphatic rings. The molecule has 2 rings (SSSR count). The Labute approximate surface area is 136 Å². The number of methoxy groups -OCH3 is 1. The standard InChI is InChI=1S/C14H15ClF2N4O2/c1-3-14(16,17)7-9(12(22)23-2)19-11-10-8(5-4-6-18-10)20-13(15)21-11/h4-6,9H,3,7H2,1-2H3,(H,19,20,21). The molecule has 0 aromatic carbocycles. The minimum atomic E-state index is -3.02. The molecule has 124 valence electrons. The lowest BCUT2D eigenvalue weighted by molar-refractivity contribution is -0.144. The van der Waals surface area contributed by atoms with E-state index in [0.29, 0.717) is 11.0 Å². The normalized spacial score (nSPS) is 12.9. The third-order valence-electron chi connectivity index (χ3n) is 3.24. The molecule has 2 aromatic rings. The van der Waals surface area contributed by atoms with Crippen LogP contribution in [0.4, 0.5) is 14.6 Å². The van der Waals surface area contributed by atoms with Crippen LogP contribution >= 0.6 is 11.6 Å². The van der Waals surface area contributed by atoms with Gasteiger partial charge >= 0.3 is 5.97 Å². The zero-order chi connectivity index (χ0) is 17.0. The Morgan fingerprint density at radius 2 is 2.22 bits per heavy atom. The first-order valence-corrected chi connectivity index (χ1v) is 7.24. The lowest BCUT2D eigenvalue weighted by Gasteiger charge is -2.22. The molecular weight excluding hydrogens is 330 g/mol. The minimum Gasteiger partial charge on any atom is -0.467 e. The van der Waals surface area contributed by atoms with Gasteiger partial charge in [0.1, 0.15) is 11.6 Å². The van der Waals surface area contributed by atoms with E-state index in [1.165, 1.54) is 13.1 Å². The number of esters is 1. The number of ether oxygens (including phenoxy) is 1. The number of carbonyl (C=O) groups excluding carboxylic acids is 1. The number of hydrogen-bond donors (Lipinski definition) is 1. The summed E-state index contributed by atoms with van der Waals surface area (Å²) >= 11 is 5.83. The number of rotatable bonds is 6. The molecule has 1 unspecified atom stereocenters. The Morgan fingerprint density at radius 1 is 1.48 bits per heavy atom. The van der Waals surface area contributed by atoms with Crippen LogP contribution in [-0.4, -0.2) is 40.0 Å². The molecule has 2 aromatic heterocycles. The van der Waals surface area contributed by atoms with Crippen molar-refractivity contribution in [3.8, 4) is 0 Å². The van der Waals surface area contributed by atoms with Gasteiger partial charge in [-0.25, -0.2) is 18.6 Å². The smallest absolute Gasteiger partial charge is 0.328 e. The number of nitrogens with zero attached hydrogens (tertiary/aromatic N) is 3. The molecular formula is C14H15ClF2N4O2. The molecule has 9 heteroatoms. The van der Waals surface area contributed by atoms with E-state index in [1.807, 2.05) is 0 Å². The number of aromatic nitrogens is 3. The second-order valence-electron chi connectivity index (χ2n) is 4.85. The van der Waals surface area contributed by atoms with E-state index in [0.717, 1.165) is 7.11 Å². The van der Waals surface area contributed by atoms with Gasteiger partial charge in [0.05, 0.1) is 12.6 Å². The van der Waals surface area contributed by atoms with E-state index in [-0.39, 0.29) is 11.1 Å². The molecule has 0 aliphatic heterocycles. The molecule has 1 N–H and O–H groups in total. The van der Waals surface area contributed by atoms with Crippen molar-refractivity contribution in [3.63, 3.8) is 0 Å². The summed E-state index contributed by atoms with van der Waals surface area (Å²) < 4.78 is 31.9. The van der Waals surface area contributed by atoms with Crippen LogP contribution in [0.15, 0.2) is 18.3 Å². The SMILES string of the molecule is CCC(F)(F)CC(Nc1nc(Cl)nc2cccnc12)C(=O)OC. The molecule has 0 saturated heterocycles. The van der Waals surface area contributed by atoms with Gasteiger partial charge in [0, 0.05) is 19.0 Å². The second kappa shape index (κ2) is 6.99. The van der Waals surface area contributed by atoms with Gasteiger partial charge < -0.3 is 10.1 Å². The molecule has 23 heavy (non-hydrogen) atoms. The van der Waals surface area contributed by atoms with Crippen molar-refractivity contribution in [3.05, 3.63) is 23.6 Å². The Kier molecular flexibility index (Phi) is 5.25. The number of anilines is 1. The highest BCUT2D eigenvalue weighted by Gasteiger charge is 2.35. The second-order valence-corrected chi connectivity index (χ2v) is 5.18. The van der Waals surface area contributed by atoms with E-state index >= 15 is 0 Å². The maximum Gasteiger partial charge on any atom is 0.328 e. The fourth-order valence-corrected chi connectivity index (χ4v) is 2.16. The van der Waals surface area contributed by atoms with Gasteiger partial charge in [-0.05, 0) is 23.7 Å². The van der Waals surface area contributed by atoms with E-state index in [2.05, 4.69) is 25.0 Å². The molecule has 0 radical (unpaired) electrons. The molecule has 0 bridgehead atoms. The highest BCUT2D eigenvalue weighted by atomic mass is 35.5. The predicted molar refractivity (Wildman–Crippen MR) is 81.6 cm³/mol. The molecule has 6 nitrogen and oxygen atoms in total. The number of halogens is 3. The Morgan fingerprint density at radius 3 is 2.87 bits per heavy atom. The average molecular weight is 345 g/mol. The van der Waals surface area contributed by atoms with Gasteiger partial charge in [0.15, 0.2) is 5.82 Å². The maximum absolute atomic E-state index is 13.7. The van der Waals surface area contributed by atoms with Crippen molar-refractivity contribution in [2.24, 2.45) is 0 Å². The van der Waals surface area contributed by atoms with Crippen molar-refractivity contribution in [2.45, 2.75) is 31.7 Å². The number of pyridine rings is 1. The summed E-state index contributed by atoms with van der Waals surface area (Å²) in [6.45, 7) is 1.34. The van der Waals surface area contributed by atoms with Crippen molar-refractivity contribution in [1.29, 1.82) is 0 Å². The highest BCUT2D eigenvalue weighted by Crippen LogP contribution is 2.27. The Balaban J connectivity index is 2.38. The topological polar surface area (TPSA) is 77.0 Å². The number of fused-ring (bicyclic) bond motifs is 1. The van der Waals surface area contributed by atoms with Crippen LogP contribution in [0, 0.1) is 0 Å². The molecule has 1 atom stereocenters. The van der Waals surface area contributed by atoms with E-state index in [4.69, 9.17) is 11.6 Å². The zero-order valence-corrected chi connectivity index (χ0v) is 13.3. The summed E-state index contributed by atoms with van der Waals surface area (Å²) in [4.78, 5) is 23.8. The van der Waals surface area contributed by atoms with Crippen molar-refractivity contribution < 1.29 is 18.3 Å². The summed E-state index contributed by atoms with van der Waals surface area (Å²) in [6, 6.07) is 2.01. The molecule has 0 fully saturated rings. The van der Waals surface area contributed by atoms with Crippen LogP contribution in [0.3, 0.4) is 0 Å². The molecule has 0 saturated carbocycles. The van der Waals surface area contributed by atoms with Gasteiger partial charge in [0.2, 0.25) is 11.2 Å². The Bertz CT molecular complexity index is 714. The quantitative estimate of drug-likeness (QED) is 0.641. The van der Waals surface area contributed by atoms with Gasteiger partial charge in [-0.3, -0.25) is 4.98 Å². The largest absolute Gasteiger partial charge is 0.467 e. The summed E-state index contributed by atoms with van der Waals surface area (Å²) in [5.74, 6) is -3.74. The van der Waals surface area contributed by atoms with E-state index < -0.39 is 30.8 Å². The first-order valence-electron chi connectivity index (χ1n) is 6.86. The highest BCUT2D eigenvalue weighted by molar-refractivity contribution is 6.28. The van der Waals surface area contributed by atoms with Gasteiger partial charge in [-0.2, -0.15) is 4.98 Å². The monoisotopic (exact) mass is 344 g/mol. The fraction of sp³-hybridized carbons (Fsp3) is 0.429. The van der Waals surface area contributed by atoms with Crippen molar-refractivity contribution >= 4 is 34.4 Å². The van der Waals surface area contributed by atoms with Crippen LogP contribution in [-0.2, 0) is 9.53 Å². The number of nitrogens with one attached hydrogen (secondary N) is 1. The average Bonchev–Trinajstić information content (AvgIpc) is 2.53. The minimum absolute atomic E-state index is 0.0844. The summed E-state index contributed by atoms with van der Waals surface area (Å²) in [5.41, 5.74) is 0.756. The van der Waals surface area contributed by atoms with Gasteiger partial charge in [-0.1, -0.05) is 6.92 Å². The van der Waals surface area contributed by atoms with E-state index in [1.54, 1.807) is 12.1 Å². The number of carbonyl (C=O) groups is 1. The first-order chi connectivity index (χ1) is 10.9. The predicted octanol–water partition coefficient (Wildman–Crippen LogP) is 3.07. The fourth-order valence-electron chi connectivity index (χ4n) is 1.98. The van der Waals surface area contributed by atoms with Crippen LogP contribution in [0.5, 0.6) is 0 Å². The zero-order valence-electron chi connectivity index (χ0n) is 12.5. The van der Waals surface area contributed by atoms with Crippen LogP contribution in [0.25, 0.3) is 11.0 Å². The van der Waals surface area contributed by atoms with Crippen LogP contribution in [0.1, 0.15) is 19.8 Å². The molecule has 0 amide bonds. The Hall–Kier alpha value is -2.09. The molecule has 2 heterocycles. The van der Waals surface area contributed by atoms with Crippen LogP contribution in [0.2, 0.25) is 5.28 Å². The first kappa shape index (κ1) is 17.3. The molecule has 0 spiro atoms. The summed E-state index contributed by atoms with van der Waals surface area (Å²) in [6.07, 6.45) is 0.371. The van der Waals surface area contributed by atoms with Crippen LogP contribution < -0.4 is 5.32 Å². The summed E-state index contributed by atoms with van der Waals surface area (Å²) in [5, 5.41) is 2.57. The summed E-state index contributed by atoms with van der Waals surface area (Å²) in [7, 11) is 1.13. The lowest BCUT2D eigenvalue weighted by Crippen LogP contribution is -2.37. The maximum atomic E-state index is 13.7. The van der Waals surface area contributed by atoms with Crippen molar-refractivity contribution in [1.82, 2.24) is 15.0 Å².